The van der Waals surface area contributed by atoms with Crippen molar-refractivity contribution in [3.8, 4) is 11.5 Å². The predicted octanol–water partition coefficient (Wildman–Crippen LogP) is 5.02. The number of carbonyl (C=O) groups is 2. The highest BCUT2D eigenvalue weighted by Gasteiger charge is 2.35. The van der Waals surface area contributed by atoms with E-state index in [9.17, 15) is 19.7 Å². The molecule has 1 fully saturated rings. The summed E-state index contributed by atoms with van der Waals surface area (Å²) < 4.78 is 11.2. The molecule has 2 aromatic rings. The van der Waals surface area contributed by atoms with Gasteiger partial charge in [0, 0.05) is 12.1 Å². The molecule has 0 aliphatic carbocycles. The lowest BCUT2D eigenvalue weighted by Gasteiger charge is -2.15. The predicted molar refractivity (Wildman–Crippen MR) is 118 cm³/mol. The molecule has 0 N–H and O–H groups in total. The van der Waals surface area contributed by atoms with Crippen LogP contribution in [0.25, 0.3) is 6.08 Å². The van der Waals surface area contributed by atoms with Crippen LogP contribution < -0.4 is 9.47 Å². The van der Waals surface area contributed by atoms with Gasteiger partial charge in [-0.25, -0.2) is 0 Å². The summed E-state index contributed by atoms with van der Waals surface area (Å²) in [6.45, 7) is 3.95. The van der Waals surface area contributed by atoms with Crippen LogP contribution in [0.5, 0.6) is 11.5 Å². The third kappa shape index (κ3) is 5.24. The van der Waals surface area contributed by atoms with Crippen LogP contribution in [0.3, 0.4) is 0 Å². The van der Waals surface area contributed by atoms with Gasteiger partial charge in [-0.2, -0.15) is 0 Å². The Hall–Kier alpha value is -3.33. The molecule has 0 radical (unpaired) electrons. The Labute approximate surface area is 184 Å². The largest absolute Gasteiger partial charge is 0.493 e. The van der Waals surface area contributed by atoms with Gasteiger partial charge in [-0.15, -0.1) is 0 Å². The van der Waals surface area contributed by atoms with Crippen molar-refractivity contribution in [2.24, 2.45) is 0 Å². The number of nitro benzene ring substituents is 1. The Kier molecular flexibility index (Phi) is 6.96. The number of nitro groups is 1. The summed E-state index contributed by atoms with van der Waals surface area (Å²) in [5.41, 5.74) is 1.10. The number of nitrogens with zero attached hydrogens (tertiary/aromatic N) is 2. The molecule has 1 aliphatic heterocycles. The van der Waals surface area contributed by atoms with E-state index in [0.717, 1.165) is 23.1 Å². The summed E-state index contributed by atoms with van der Waals surface area (Å²) in [6.07, 6.45) is 2.50. The maximum absolute atomic E-state index is 12.8. The van der Waals surface area contributed by atoms with E-state index in [2.05, 4.69) is 0 Å². The average Bonchev–Trinajstić information content (AvgIpc) is 3.02. The van der Waals surface area contributed by atoms with Gasteiger partial charge in [-0.05, 0) is 54.4 Å². The number of rotatable bonds is 8. The summed E-state index contributed by atoms with van der Waals surface area (Å²) in [5.74, 6) is 0.693. The molecule has 0 spiro atoms. The van der Waals surface area contributed by atoms with E-state index in [1.807, 2.05) is 13.8 Å². The maximum Gasteiger partial charge on any atom is 0.293 e. The Balaban J connectivity index is 1.80. The molecular weight excluding hydrogens is 420 g/mol. The number of benzene rings is 2. The molecule has 0 bridgehead atoms. The maximum atomic E-state index is 12.8. The fraction of sp³-hybridized carbons (Fsp3) is 0.273. The Morgan fingerprint density at radius 1 is 1.19 bits per heavy atom. The first kappa shape index (κ1) is 22.4. The van der Waals surface area contributed by atoms with Gasteiger partial charge in [0.1, 0.15) is 0 Å². The highest BCUT2D eigenvalue weighted by molar-refractivity contribution is 8.18. The molecule has 0 saturated carbocycles. The van der Waals surface area contributed by atoms with Crippen molar-refractivity contribution in [1.82, 2.24) is 4.90 Å². The van der Waals surface area contributed by atoms with Gasteiger partial charge in [0.2, 0.25) is 0 Å². The summed E-state index contributed by atoms with van der Waals surface area (Å²) >= 11 is 0.831. The molecule has 8 nitrogen and oxygen atoms in total. The first-order valence-corrected chi connectivity index (χ1v) is 10.5. The van der Waals surface area contributed by atoms with E-state index in [-0.39, 0.29) is 23.2 Å². The van der Waals surface area contributed by atoms with Crippen LogP contribution in [-0.2, 0) is 11.3 Å². The first-order chi connectivity index (χ1) is 14.8. The van der Waals surface area contributed by atoms with Gasteiger partial charge in [-0.3, -0.25) is 24.6 Å². The molecule has 9 heteroatoms. The third-order valence-electron chi connectivity index (χ3n) is 4.72. The SMILES string of the molecule is CC[C@H](C)Oc1ccc(/C=C2/SC(=O)N(Cc3cccc([N+](=O)[O-])c3)C2=O)cc1OC. The van der Waals surface area contributed by atoms with Gasteiger partial charge < -0.3 is 9.47 Å². The number of thioether (sulfide) groups is 1. The van der Waals surface area contributed by atoms with Crippen molar-refractivity contribution in [3.63, 3.8) is 0 Å². The van der Waals surface area contributed by atoms with E-state index in [0.29, 0.717) is 22.6 Å². The monoisotopic (exact) mass is 442 g/mol. The molecule has 0 unspecified atom stereocenters. The topological polar surface area (TPSA) is 99.0 Å². The van der Waals surface area contributed by atoms with E-state index in [4.69, 9.17) is 9.47 Å². The quantitative estimate of drug-likeness (QED) is 0.322. The van der Waals surface area contributed by atoms with Crippen LogP contribution in [0.1, 0.15) is 31.4 Å². The summed E-state index contributed by atoms with van der Waals surface area (Å²) in [6, 6.07) is 11.2. The number of methoxy groups -OCH3 is 1. The van der Waals surface area contributed by atoms with E-state index in [1.54, 1.807) is 30.3 Å². The molecule has 0 aromatic heterocycles. The smallest absolute Gasteiger partial charge is 0.293 e. The second-order valence-corrected chi connectivity index (χ2v) is 7.94. The van der Waals surface area contributed by atoms with Crippen molar-refractivity contribution < 1.29 is 24.0 Å². The normalized spacial score (nSPS) is 16.0. The third-order valence-corrected chi connectivity index (χ3v) is 5.63. The van der Waals surface area contributed by atoms with Crippen molar-refractivity contribution in [3.05, 3.63) is 68.6 Å². The van der Waals surface area contributed by atoms with Gasteiger partial charge in [-0.1, -0.05) is 25.1 Å². The van der Waals surface area contributed by atoms with Gasteiger partial charge in [0.15, 0.2) is 11.5 Å². The summed E-state index contributed by atoms with van der Waals surface area (Å²) in [7, 11) is 1.54. The fourth-order valence-corrected chi connectivity index (χ4v) is 3.75. The molecule has 1 heterocycles. The lowest BCUT2D eigenvalue weighted by atomic mass is 10.1. The Bertz CT molecular complexity index is 1050. The molecule has 1 aliphatic rings. The molecule has 3 rings (SSSR count). The number of hydrogen-bond acceptors (Lipinski definition) is 7. The van der Waals surface area contributed by atoms with Gasteiger partial charge >= 0.3 is 0 Å². The Morgan fingerprint density at radius 3 is 2.65 bits per heavy atom. The van der Waals surface area contributed by atoms with Crippen LogP contribution in [0.2, 0.25) is 0 Å². The van der Waals surface area contributed by atoms with Crippen molar-refractivity contribution >= 4 is 34.7 Å². The summed E-state index contributed by atoms with van der Waals surface area (Å²) in [5, 5.41) is 10.5. The van der Waals surface area contributed by atoms with E-state index in [1.165, 1.54) is 25.3 Å². The zero-order valence-corrected chi connectivity index (χ0v) is 18.2. The van der Waals surface area contributed by atoms with Gasteiger partial charge in [0.05, 0.1) is 29.6 Å². The number of non-ortho nitro benzene ring substituents is 1. The van der Waals surface area contributed by atoms with Crippen LogP contribution in [0.15, 0.2) is 47.4 Å². The average molecular weight is 442 g/mol. The zero-order chi connectivity index (χ0) is 22.5. The van der Waals surface area contributed by atoms with Crippen LogP contribution in [0.4, 0.5) is 10.5 Å². The van der Waals surface area contributed by atoms with E-state index >= 15 is 0 Å². The van der Waals surface area contributed by atoms with Crippen molar-refractivity contribution in [1.29, 1.82) is 0 Å². The van der Waals surface area contributed by atoms with Crippen LogP contribution >= 0.6 is 11.8 Å². The lowest BCUT2D eigenvalue weighted by molar-refractivity contribution is -0.384. The molecule has 2 amide bonds. The van der Waals surface area contributed by atoms with Crippen molar-refractivity contribution in [2.45, 2.75) is 32.9 Å². The Morgan fingerprint density at radius 2 is 1.97 bits per heavy atom. The number of ether oxygens (including phenoxy) is 2. The minimum absolute atomic E-state index is 0.0325. The minimum atomic E-state index is -0.515. The molecule has 1 saturated heterocycles. The number of hydrogen-bond donors (Lipinski definition) is 0. The zero-order valence-electron chi connectivity index (χ0n) is 17.4. The van der Waals surface area contributed by atoms with Crippen LogP contribution in [-0.4, -0.2) is 34.2 Å². The number of carbonyl (C=O) groups excluding carboxylic acids is 2. The second kappa shape index (κ2) is 9.65. The minimum Gasteiger partial charge on any atom is -0.493 e. The van der Waals surface area contributed by atoms with Crippen LogP contribution in [0, 0.1) is 10.1 Å². The first-order valence-electron chi connectivity index (χ1n) is 9.65. The highest BCUT2D eigenvalue weighted by atomic mass is 32.2. The highest BCUT2D eigenvalue weighted by Crippen LogP contribution is 2.35. The molecular formula is C22H22N2O6S. The number of amides is 2. The van der Waals surface area contributed by atoms with E-state index < -0.39 is 16.1 Å². The summed E-state index contributed by atoms with van der Waals surface area (Å²) in [4.78, 5) is 36.9. The standard InChI is InChI=1S/C22H22N2O6S/c1-4-14(2)30-18-9-8-15(11-19(18)29-3)12-20-21(25)23(22(26)31-20)13-16-6-5-7-17(10-16)24(27)28/h5-12,14H,4,13H2,1-3H3/b20-12+/t14-/m0/s1. The van der Waals surface area contributed by atoms with Crippen molar-refractivity contribution in [2.75, 3.05) is 7.11 Å². The fourth-order valence-electron chi connectivity index (χ4n) is 2.91. The molecule has 162 valence electrons. The van der Waals surface area contributed by atoms with Gasteiger partial charge in [0.25, 0.3) is 16.8 Å². The molecule has 2 aromatic carbocycles. The lowest BCUT2D eigenvalue weighted by Crippen LogP contribution is -2.27. The molecule has 31 heavy (non-hydrogen) atoms. The molecule has 1 atom stereocenters. The second-order valence-electron chi connectivity index (χ2n) is 6.94. The number of imide groups is 1.